The predicted octanol–water partition coefficient (Wildman–Crippen LogP) is 3.26. The standard InChI is InChI=1S/C24H30N2O4S/c1-30-22-9-6-19(7-10-22)21-13-15-26(17-21)24(27)12-14-25-31(28,29)23-11-8-18-4-2-3-5-20(18)16-23/h6-11,16,21,25H,2-5,12-15,17H2,1H3. The average molecular weight is 443 g/mol. The van der Waals surface area contributed by atoms with Gasteiger partial charge in [0.15, 0.2) is 0 Å². The summed E-state index contributed by atoms with van der Waals surface area (Å²) in [5.74, 6) is 1.12. The molecule has 1 saturated heterocycles. The number of hydrogen-bond donors (Lipinski definition) is 1. The molecule has 6 nitrogen and oxygen atoms in total. The molecular weight excluding hydrogens is 412 g/mol. The third kappa shape index (κ3) is 5.10. The van der Waals surface area contributed by atoms with Gasteiger partial charge < -0.3 is 9.64 Å². The number of nitrogens with zero attached hydrogens (tertiary/aromatic N) is 1. The van der Waals surface area contributed by atoms with Crippen LogP contribution in [0.3, 0.4) is 0 Å². The Hall–Kier alpha value is -2.38. The van der Waals surface area contributed by atoms with Crippen molar-refractivity contribution in [3.8, 4) is 5.75 Å². The molecule has 2 aromatic carbocycles. The number of carbonyl (C=O) groups excluding carboxylic acids is 1. The average Bonchev–Trinajstić information content (AvgIpc) is 3.29. The lowest BCUT2D eigenvalue weighted by Crippen LogP contribution is -2.33. The van der Waals surface area contributed by atoms with Gasteiger partial charge in [0.1, 0.15) is 5.75 Å². The fourth-order valence-electron chi connectivity index (χ4n) is 4.55. The number of sulfonamides is 1. The molecule has 1 N–H and O–H groups in total. The molecule has 0 saturated carbocycles. The topological polar surface area (TPSA) is 75.7 Å². The van der Waals surface area contributed by atoms with E-state index in [-0.39, 0.29) is 18.9 Å². The van der Waals surface area contributed by atoms with E-state index in [2.05, 4.69) is 4.72 Å². The van der Waals surface area contributed by atoms with Crippen molar-refractivity contribution in [2.24, 2.45) is 0 Å². The Morgan fingerprint density at radius 2 is 1.84 bits per heavy atom. The van der Waals surface area contributed by atoms with Crippen molar-refractivity contribution in [2.75, 3.05) is 26.7 Å². The van der Waals surface area contributed by atoms with E-state index in [4.69, 9.17) is 4.74 Å². The number of fused-ring (bicyclic) bond motifs is 1. The molecule has 1 atom stereocenters. The van der Waals surface area contributed by atoms with Crippen molar-refractivity contribution in [1.29, 1.82) is 0 Å². The minimum absolute atomic E-state index is 0.0100. The van der Waals surface area contributed by atoms with Crippen LogP contribution in [0.25, 0.3) is 0 Å². The van der Waals surface area contributed by atoms with Crippen LogP contribution in [0.4, 0.5) is 0 Å². The first-order valence-corrected chi connectivity index (χ1v) is 12.5. The van der Waals surface area contributed by atoms with Gasteiger partial charge >= 0.3 is 0 Å². The summed E-state index contributed by atoms with van der Waals surface area (Å²) in [6.45, 7) is 1.48. The number of amides is 1. The molecule has 1 amide bonds. The van der Waals surface area contributed by atoms with E-state index >= 15 is 0 Å². The lowest BCUT2D eigenvalue weighted by molar-refractivity contribution is -0.130. The smallest absolute Gasteiger partial charge is 0.240 e. The Bertz CT molecular complexity index is 1030. The maximum absolute atomic E-state index is 12.7. The highest BCUT2D eigenvalue weighted by molar-refractivity contribution is 7.89. The highest BCUT2D eigenvalue weighted by Gasteiger charge is 2.27. The van der Waals surface area contributed by atoms with E-state index in [0.29, 0.717) is 23.9 Å². The van der Waals surface area contributed by atoms with E-state index in [1.807, 2.05) is 35.2 Å². The number of aryl methyl sites for hydroxylation is 2. The summed E-state index contributed by atoms with van der Waals surface area (Å²) in [5.41, 5.74) is 3.58. The van der Waals surface area contributed by atoms with Gasteiger partial charge in [0.25, 0.3) is 0 Å². The van der Waals surface area contributed by atoms with Gasteiger partial charge in [-0.2, -0.15) is 0 Å². The Labute approximate surface area is 184 Å². The summed E-state index contributed by atoms with van der Waals surface area (Å²) < 4.78 is 33.1. The van der Waals surface area contributed by atoms with E-state index in [1.165, 1.54) is 11.1 Å². The Kier molecular flexibility index (Phi) is 6.62. The second-order valence-electron chi connectivity index (χ2n) is 8.38. The minimum atomic E-state index is -3.61. The van der Waals surface area contributed by atoms with Gasteiger partial charge in [-0.25, -0.2) is 13.1 Å². The minimum Gasteiger partial charge on any atom is -0.497 e. The maximum atomic E-state index is 12.7. The third-order valence-corrected chi connectivity index (χ3v) is 7.85. The van der Waals surface area contributed by atoms with Crippen molar-refractivity contribution in [3.05, 3.63) is 59.2 Å². The number of carbonyl (C=O) groups is 1. The number of nitrogens with one attached hydrogen (secondary N) is 1. The highest BCUT2D eigenvalue weighted by Crippen LogP contribution is 2.29. The first-order valence-electron chi connectivity index (χ1n) is 11.0. The van der Waals surface area contributed by atoms with E-state index in [0.717, 1.165) is 43.4 Å². The van der Waals surface area contributed by atoms with Crippen LogP contribution in [0.1, 0.15) is 48.3 Å². The summed E-state index contributed by atoms with van der Waals surface area (Å²) in [5, 5.41) is 0. The van der Waals surface area contributed by atoms with Crippen molar-refractivity contribution in [1.82, 2.24) is 9.62 Å². The second-order valence-corrected chi connectivity index (χ2v) is 10.2. The van der Waals surface area contributed by atoms with Gasteiger partial charge in [-0.3, -0.25) is 4.79 Å². The molecule has 31 heavy (non-hydrogen) atoms. The highest BCUT2D eigenvalue weighted by atomic mass is 32.2. The fourth-order valence-corrected chi connectivity index (χ4v) is 5.63. The van der Waals surface area contributed by atoms with Gasteiger partial charge in [-0.1, -0.05) is 18.2 Å². The molecule has 1 aliphatic carbocycles. The molecule has 1 unspecified atom stereocenters. The zero-order valence-electron chi connectivity index (χ0n) is 18.0. The number of likely N-dealkylation sites (tertiary alicyclic amines) is 1. The predicted molar refractivity (Wildman–Crippen MR) is 120 cm³/mol. The zero-order chi connectivity index (χ0) is 21.8. The number of methoxy groups -OCH3 is 1. The Morgan fingerprint density at radius 3 is 2.58 bits per heavy atom. The van der Waals surface area contributed by atoms with Crippen LogP contribution in [0.15, 0.2) is 47.4 Å². The summed E-state index contributed by atoms with van der Waals surface area (Å²) >= 11 is 0. The molecule has 0 aromatic heterocycles. The van der Waals surface area contributed by atoms with Crippen LogP contribution < -0.4 is 9.46 Å². The van der Waals surface area contributed by atoms with Crippen LogP contribution >= 0.6 is 0 Å². The van der Waals surface area contributed by atoms with Crippen LogP contribution in [0, 0.1) is 0 Å². The molecule has 4 rings (SSSR count). The van der Waals surface area contributed by atoms with Gasteiger partial charge in [0.05, 0.1) is 12.0 Å². The van der Waals surface area contributed by atoms with Crippen molar-refractivity contribution < 1.29 is 17.9 Å². The molecule has 1 heterocycles. The lowest BCUT2D eigenvalue weighted by atomic mass is 9.92. The van der Waals surface area contributed by atoms with Crippen LogP contribution in [0.5, 0.6) is 5.75 Å². The molecular formula is C24H30N2O4S. The molecule has 2 aliphatic rings. The molecule has 0 spiro atoms. The zero-order valence-corrected chi connectivity index (χ0v) is 18.8. The molecule has 1 aliphatic heterocycles. The van der Waals surface area contributed by atoms with Crippen molar-refractivity contribution in [3.63, 3.8) is 0 Å². The number of hydrogen-bond acceptors (Lipinski definition) is 4. The Balaban J connectivity index is 1.29. The van der Waals surface area contributed by atoms with Crippen LogP contribution in [0.2, 0.25) is 0 Å². The molecule has 0 radical (unpaired) electrons. The van der Waals surface area contributed by atoms with Crippen molar-refractivity contribution >= 4 is 15.9 Å². The van der Waals surface area contributed by atoms with Gasteiger partial charge in [-0.15, -0.1) is 0 Å². The SMILES string of the molecule is COc1ccc(C2CCN(C(=O)CCNS(=O)(=O)c3ccc4c(c3)CCCC4)C2)cc1. The van der Waals surface area contributed by atoms with E-state index in [9.17, 15) is 13.2 Å². The molecule has 166 valence electrons. The lowest BCUT2D eigenvalue weighted by Gasteiger charge is -2.18. The quantitative estimate of drug-likeness (QED) is 0.714. The summed E-state index contributed by atoms with van der Waals surface area (Å²) in [7, 11) is -1.96. The monoisotopic (exact) mass is 442 g/mol. The molecule has 0 bridgehead atoms. The first kappa shape index (κ1) is 21.8. The second kappa shape index (κ2) is 9.40. The van der Waals surface area contributed by atoms with Crippen LogP contribution in [-0.4, -0.2) is 46.0 Å². The molecule has 7 heteroatoms. The van der Waals surface area contributed by atoms with Crippen LogP contribution in [-0.2, 0) is 27.7 Å². The number of ether oxygens (including phenoxy) is 1. The number of benzene rings is 2. The number of rotatable bonds is 7. The summed E-state index contributed by atoms with van der Waals surface area (Å²) in [6, 6.07) is 13.4. The largest absolute Gasteiger partial charge is 0.497 e. The first-order chi connectivity index (χ1) is 15.0. The van der Waals surface area contributed by atoms with E-state index in [1.54, 1.807) is 19.2 Å². The summed E-state index contributed by atoms with van der Waals surface area (Å²) in [4.78, 5) is 14.7. The summed E-state index contributed by atoms with van der Waals surface area (Å²) in [6.07, 6.45) is 5.30. The van der Waals surface area contributed by atoms with Gasteiger partial charge in [0.2, 0.25) is 15.9 Å². The van der Waals surface area contributed by atoms with Gasteiger partial charge in [-0.05, 0) is 73.1 Å². The fraction of sp³-hybridized carbons (Fsp3) is 0.458. The van der Waals surface area contributed by atoms with Crippen molar-refractivity contribution in [2.45, 2.75) is 49.3 Å². The maximum Gasteiger partial charge on any atom is 0.240 e. The molecule has 1 fully saturated rings. The van der Waals surface area contributed by atoms with E-state index < -0.39 is 10.0 Å². The Morgan fingerprint density at radius 1 is 1.10 bits per heavy atom. The van der Waals surface area contributed by atoms with Gasteiger partial charge in [0, 0.05) is 32.0 Å². The molecule has 2 aromatic rings. The third-order valence-electron chi connectivity index (χ3n) is 6.39. The normalized spacial score (nSPS) is 18.6.